The van der Waals surface area contributed by atoms with Crippen molar-refractivity contribution in [3.05, 3.63) is 46.6 Å². The summed E-state index contributed by atoms with van der Waals surface area (Å²) in [5.74, 6) is 0.731. The number of carbonyl (C=O) groups excluding carboxylic acids is 1. The molecule has 0 spiro atoms. The van der Waals surface area contributed by atoms with Gasteiger partial charge < -0.3 is 16.0 Å². The van der Waals surface area contributed by atoms with Crippen molar-refractivity contribution in [1.82, 2.24) is 10.3 Å². The second-order valence-corrected chi connectivity index (χ2v) is 6.25. The minimum absolute atomic E-state index is 0.173. The van der Waals surface area contributed by atoms with Crippen LogP contribution in [0.1, 0.15) is 18.4 Å². The number of hydrogen-bond donors (Lipinski definition) is 3. The van der Waals surface area contributed by atoms with Crippen molar-refractivity contribution in [2.24, 2.45) is 0 Å². The van der Waals surface area contributed by atoms with Gasteiger partial charge in [-0.25, -0.2) is 9.78 Å². The lowest BCUT2D eigenvalue weighted by Crippen LogP contribution is -2.30. The van der Waals surface area contributed by atoms with Gasteiger partial charge in [0.15, 0.2) is 0 Å². The molecule has 0 aliphatic heterocycles. The molecule has 1 aromatic heterocycles. The van der Waals surface area contributed by atoms with E-state index in [4.69, 9.17) is 0 Å². The number of pyridine rings is 1. The summed E-state index contributed by atoms with van der Waals surface area (Å²) in [6.07, 6.45) is 3.78. The lowest BCUT2D eigenvalue weighted by atomic mass is 10.2. The number of hydrogen-bond acceptors (Lipinski definition) is 3. The molecular weight excluding hydrogens is 344 g/mol. The van der Waals surface area contributed by atoms with E-state index < -0.39 is 0 Å². The molecule has 1 heterocycles. The third-order valence-electron chi connectivity index (χ3n) is 3.36. The fourth-order valence-electron chi connectivity index (χ4n) is 1.99. The molecule has 1 aliphatic rings. The Balaban J connectivity index is 1.60. The molecule has 22 heavy (non-hydrogen) atoms. The zero-order chi connectivity index (χ0) is 15.5. The molecule has 1 aliphatic carbocycles. The van der Waals surface area contributed by atoms with Crippen molar-refractivity contribution in [3.63, 3.8) is 0 Å². The van der Waals surface area contributed by atoms with Gasteiger partial charge in [0, 0.05) is 16.2 Å². The summed E-state index contributed by atoms with van der Waals surface area (Å²) in [7, 11) is 0. The first-order valence-corrected chi connectivity index (χ1v) is 7.96. The second kappa shape index (κ2) is 6.36. The SMILES string of the molecule is Cc1cc(Nc2ccc(NC(=O)NC3CC3)cn2)ccc1Br. The summed E-state index contributed by atoms with van der Waals surface area (Å²) >= 11 is 3.48. The Morgan fingerprint density at radius 3 is 2.64 bits per heavy atom. The predicted octanol–water partition coefficient (Wildman–Crippen LogP) is 4.18. The Morgan fingerprint density at radius 1 is 1.23 bits per heavy atom. The molecule has 0 atom stereocenters. The van der Waals surface area contributed by atoms with E-state index in [1.165, 1.54) is 0 Å². The number of carbonyl (C=O) groups is 1. The Morgan fingerprint density at radius 2 is 2.00 bits per heavy atom. The van der Waals surface area contributed by atoms with Gasteiger partial charge in [-0.05, 0) is 55.7 Å². The molecule has 0 unspecified atom stereocenters. The molecule has 0 radical (unpaired) electrons. The highest BCUT2D eigenvalue weighted by molar-refractivity contribution is 9.10. The molecule has 1 saturated carbocycles. The van der Waals surface area contributed by atoms with Crippen LogP contribution in [0.2, 0.25) is 0 Å². The molecule has 3 rings (SSSR count). The average molecular weight is 361 g/mol. The van der Waals surface area contributed by atoms with Gasteiger partial charge >= 0.3 is 6.03 Å². The molecule has 2 aromatic rings. The highest BCUT2D eigenvalue weighted by Gasteiger charge is 2.23. The lowest BCUT2D eigenvalue weighted by molar-refractivity contribution is 0.251. The fourth-order valence-corrected chi connectivity index (χ4v) is 2.24. The normalized spacial score (nSPS) is 13.5. The zero-order valence-electron chi connectivity index (χ0n) is 12.2. The van der Waals surface area contributed by atoms with Gasteiger partial charge in [0.05, 0.1) is 11.9 Å². The average Bonchev–Trinajstić information content (AvgIpc) is 3.29. The van der Waals surface area contributed by atoms with Crippen LogP contribution in [0.5, 0.6) is 0 Å². The van der Waals surface area contributed by atoms with Crippen molar-refractivity contribution in [2.75, 3.05) is 10.6 Å². The second-order valence-electron chi connectivity index (χ2n) is 5.39. The predicted molar refractivity (Wildman–Crippen MR) is 91.6 cm³/mol. The summed E-state index contributed by atoms with van der Waals surface area (Å²) in [6, 6.07) is 9.85. The number of halogens is 1. The van der Waals surface area contributed by atoms with Gasteiger partial charge in [-0.15, -0.1) is 0 Å². The molecule has 0 bridgehead atoms. The summed E-state index contributed by atoms with van der Waals surface area (Å²) in [6.45, 7) is 2.04. The van der Waals surface area contributed by atoms with E-state index in [2.05, 4.69) is 36.9 Å². The van der Waals surface area contributed by atoms with Gasteiger partial charge in [-0.3, -0.25) is 0 Å². The van der Waals surface area contributed by atoms with E-state index in [0.29, 0.717) is 11.7 Å². The van der Waals surface area contributed by atoms with E-state index in [1.807, 2.05) is 37.3 Å². The van der Waals surface area contributed by atoms with Crippen molar-refractivity contribution in [1.29, 1.82) is 0 Å². The van der Waals surface area contributed by atoms with Crippen molar-refractivity contribution in [3.8, 4) is 0 Å². The Kier molecular flexibility index (Phi) is 4.29. The van der Waals surface area contributed by atoms with Crippen molar-refractivity contribution in [2.45, 2.75) is 25.8 Å². The van der Waals surface area contributed by atoms with Gasteiger partial charge in [0.2, 0.25) is 0 Å². The van der Waals surface area contributed by atoms with Crippen LogP contribution in [-0.2, 0) is 0 Å². The molecule has 1 aromatic carbocycles. The number of urea groups is 1. The van der Waals surface area contributed by atoms with E-state index >= 15 is 0 Å². The maximum atomic E-state index is 11.6. The van der Waals surface area contributed by atoms with E-state index in [-0.39, 0.29) is 6.03 Å². The van der Waals surface area contributed by atoms with Crippen LogP contribution < -0.4 is 16.0 Å². The quantitative estimate of drug-likeness (QED) is 0.765. The van der Waals surface area contributed by atoms with Crippen LogP contribution in [0.25, 0.3) is 0 Å². The van der Waals surface area contributed by atoms with E-state index in [1.54, 1.807) is 6.20 Å². The summed E-state index contributed by atoms with van der Waals surface area (Å²) in [4.78, 5) is 15.9. The monoisotopic (exact) mass is 360 g/mol. The van der Waals surface area contributed by atoms with Crippen LogP contribution in [0.4, 0.5) is 22.0 Å². The molecule has 114 valence electrons. The molecule has 6 heteroatoms. The van der Waals surface area contributed by atoms with Gasteiger partial charge in [-0.1, -0.05) is 15.9 Å². The van der Waals surface area contributed by atoms with Crippen molar-refractivity contribution >= 4 is 39.2 Å². The largest absolute Gasteiger partial charge is 0.340 e. The highest BCUT2D eigenvalue weighted by Crippen LogP contribution is 2.23. The molecule has 5 nitrogen and oxygen atoms in total. The molecule has 0 saturated heterocycles. The minimum atomic E-state index is -0.173. The Hall–Kier alpha value is -2.08. The van der Waals surface area contributed by atoms with Crippen LogP contribution >= 0.6 is 15.9 Å². The van der Waals surface area contributed by atoms with Crippen LogP contribution in [0.15, 0.2) is 41.0 Å². The van der Waals surface area contributed by atoms with Crippen LogP contribution in [0, 0.1) is 6.92 Å². The number of nitrogens with one attached hydrogen (secondary N) is 3. The molecule has 2 amide bonds. The Labute approximate surface area is 137 Å². The number of anilines is 3. The van der Waals surface area contributed by atoms with Gasteiger partial charge in [0.1, 0.15) is 5.82 Å². The number of rotatable bonds is 4. The highest BCUT2D eigenvalue weighted by atomic mass is 79.9. The first kappa shape index (κ1) is 14.8. The first-order chi connectivity index (χ1) is 10.6. The van der Waals surface area contributed by atoms with Crippen LogP contribution in [-0.4, -0.2) is 17.1 Å². The topological polar surface area (TPSA) is 66.0 Å². The lowest BCUT2D eigenvalue weighted by Gasteiger charge is -2.09. The molecule has 3 N–H and O–H groups in total. The molecule has 1 fully saturated rings. The summed E-state index contributed by atoms with van der Waals surface area (Å²) in [5, 5.41) is 8.88. The molecular formula is C16H17BrN4O. The van der Waals surface area contributed by atoms with Crippen LogP contribution in [0.3, 0.4) is 0 Å². The van der Waals surface area contributed by atoms with Crippen molar-refractivity contribution < 1.29 is 4.79 Å². The maximum Gasteiger partial charge on any atom is 0.319 e. The summed E-state index contributed by atoms with van der Waals surface area (Å²) < 4.78 is 1.08. The van der Waals surface area contributed by atoms with Gasteiger partial charge in [0.25, 0.3) is 0 Å². The number of nitrogens with zero attached hydrogens (tertiary/aromatic N) is 1. The zero-order valence-corrected chi connectivity index (χ0v) is 13.8. The number of aryl methyl sites for hydroxylation is 1. The van der Waals surface area contributed by atoms with E-state index in [9.17, 15) is 4.79 Å². The van der Waals surface area contributed by atoms with Gasteiger partial charge in [-0.2, -0.15) is 0 Å². The first-order valence-electron chi connectivity index (χ1n) is 7.17. The number of amides is 2. The third-order valence-corrected chi connectivity index (χ3v) is 4.25. The summed E-state index contributed by atoms with van der Waals surface area (Å²) in [5.41, 5.74) is 2.80. The Bertz CT molecular complexity index is 683. The fraction of sp³-hybridized carbons (Fsp3) is 0.250. The smallest absolute Gasteiger partial charge is 0.319 e. The van der Waals surface area contributed by atoms with E-state index in [0.717, 1.165) is 34.4 Å². The number of benzene rings is 1. The standard InChI is InChI=1S/C16H17BrN4O/c1-10-8-12(4-6-14(10)17)19-15-7-5-13(9-18-15)21-16(22)20-11-2-3-11/h4-9,11H,2-3H2,1H3,(H,18,19)(H2,20,21,22). The third kappa shape index (κ3) is 3.98. The number of aromatic nitrogens is 1. The maximum absolute atomic E-state index is 11.6. The minimum Gasteiger partial charge on any atom is -0.340 e.